The monoisotopic (exact) mass is 493 g/mol. The SMILES string of the molecule is CCOc1ccc(CN2C(=O)c3cc4sccc4n3C[C@]2(C)C(=O)N[C@@H]2CCC[C@@H](C)[C@@H]2C)cc1. The molecule has 1 aliphatic heterocycles. The van der Waals surface area contributed by atoms with Crippen LogP contribution < -0.4 is 10.1 Å². The van der Waals surface area contributed by atoms with Gasteiger partial charge in [-0.1, -0.05) is 38.8 Å². The molecule has 1 aromatic carbocycles. The summed E-state index contributed by atoms with van der Waals surface area (Å²) in [5.74, 6) is 1.63. The molecule has 2 amide bonds. The van der Waals surface area contributed by atoms with E-state index < -0.39 is 5.54 Å². The topological polar surface area (TPSA) is 63.6 Å². The molecule has 0 saturated heterocycles. The Morgan fingerprint density at radius 3 is 2.71 bits per heavy atom. The largest absolute Gasteiger partial charge is 0.494 e. The summed E-state index contributed by atoms with van der Waals surface area (Å²) < 4.78 is 8.69. The van der Waals surface area contributed by atoms with Crippen molar-refractivity contribution in [3.63, 3.8) is 0 Å². The second-order valence-electron chi connectivity index (χ2n) is 10.4. The zero-order valence-corrected chi connectivity index (χ0v) is 21.9. The van der Waals surface area contributed by atoms with Crippen LogP contribution in [0.2, 0.25) is 0 Å². The van der Waals surface area contributed by atoms with Gasteiger partial charge >= 0.3 is 0 Å². The Morgan fingerprint density at radius 2 is 1.97 bits per heavy atom. The number of hydrogen-bond acceptors (Lipinski definition) is 4. The zero-order valence-electron chi connectivity index (χ0n) is 21.0. The van der Waals surface area contributed by atoms with Crippen molar-refractivity contribution in [3.05, 3.63) is 53.0 Å². The molecule has 1 saturated carbocycles. The Kier molecular flexibility index (Phi) is 6.38. The summed E-state index contributed by atoms with van der Waals surface area (Å²) in [6.07, 6.45) is 3.32. The molecule has 186 valence electrons. The lowest BCUT2D eigenvalue weighted by molar-refractivity contribution is -0.134. The number of benzene rings is 1. The maximum atomic E-state index is 14.0. The first kappa shape index (κ1) is 23.9. The van der Waals surface area contributed by atoms with Crippen molar-refractivity contribution in [2.75, 3.05) is 6.61 Å². The van der Waals surface area contributed by atoms with Gasteiger partial charge in [-0.25, -0.2) is 0 Å². The van der Waals surface area contributed by atoms with Crippen molar-refractivity contribution in [1.82, 2.24) is 14.8 Å². The Morgan fingerprint density at radius 1 is 1.20 bits per heavy atom. The average molecular weight is 494 g/mol. The smallest absolute Gasteiger partial charge is 0.271 e. The number of carbonyl (C=O) groups is 2. The van der Waals surface area contributed by atoms with E-state index in [4.69, 9.17) is 4.74 Å². The molecular formula is C28H35N3O3S. The van der Waals surface area contributed by atoms with Gasteiger partial charge in [0.15, 0.2) is 0 Å². The van der Waals surface area contributed by atoms with Gasteiger partial charge in [-0.05, 0) is 67.3 Å². The fraction of sp³-hybridized carbons (Fsp3) is 0.500. The molecule has 1 fully saturated rings. The van der Waals surface area contributed by atoms with Crippen LogP contribution in [0.3, 0.4) is 0 Å². The lowest BCUT2D eigenvalue weighted by atomic mass is 9.77. The first-order valence-electron chi connectivity index (χ1n) is 12.7. The summed E-state index contributed by atoms with van der Waals surface area (Å²) in [6.45, 7) is 9.80. The van der Waals surface area contributed by atoms with E-state index in [2.05, 4.69) is 19.2 Å². The predicted molar refractivity (Wildman–Crippen MR) is 140 cm³/mol. The third-order valence-electron chi connectivity index (χ3n) is 8.14. The van der Waals surface area contributed by atoms with Gasteiger partial charge in [-0.3, -0.25) is 9.59 Å². The van der Waals surface area contributed by atoms with Gasteiger partial charge in [-0.15, -0.1) is 11.3 Å². The van der Waals surface area contributed by atoms with Crippen molar-refractivity contribution >= 4 is 33.4 Å². The van der Waals surface area contributed by atoms with E-state index in [1.54, 1.807) is 16.2 Å². The summed E-state index contributed by atoms with van der Waals surface area (Å²) in [5.41, 5.74) is 1.65. The number of nitrogens with zero attached hydrogens (tertiary/aromatic N) is 2. The van der Waals surface area contributed by atoms with E-state index in [9.17, 15) is 9.59 Å². The van der Waals surface area contributed by atoms with Crippen LogP contribution in [-0.4, -0.2) is 39.5 Å². The molecule has 0 bridgehead atoms. The number of carbonyl (C=O) groups excluding carboxylic acids is 2. The van der Waals surface area contributed by atoms with Crippen LogP contribution in [-0.2, 0) is 17.9 Å². The van der Waals surface area contributed by atoms with E-state index in [1.807, 2.05) is 60.2 Å². The third-order valence-corrected chi connectivity index (χ3v) is 8.99. The molecule has 35 heavy (non-hydrogen) atoms. The molecular weight excluding hydrogens is 458 g/mol. The summed E-state index contributed by atoms with van der Waals surface area (Å²) in [6, 6.07) is 12.0. The molecule has 2 aromatic heterocycles. The van der Waals surface area contributed by atoms with Gasteiger partial charge in [0.25, 0.3) is 5.91 Å². The van der Waals surface area contributed by atoms with Crippen LogP contribution in [0, 0.1) is 11.8 Å². The number of hydrogen-bond donors (Lipinski definition) is 1. The molecule has 1 aliphatic carbocycles. The zero-order chi connectivity index (χ0) is 24.7. The summed E-state index contributed by atoms with van der Waals surface area (Å²) in [7, 11) is 0. The predicted octanol–water partition coefficient (Wildman–Crippen LogP) is 5.46. The van der Waals surface area contributed by atoms with Crippen LogP contribution in [0.5, 0.6) is 5.75 Å². The quantitative estimate of drug-likeness (QED) is 0.496. The normalized spacial score (nSPS) is 26.6. The lowest BCUT2D eigenvalue weighted by Crippen LogP contribution is -2.65. The summed E-state index contributed by atoms with van der Waals surface area (Å²) >= 11 is 1.63. The van der Waals surface area contributed by atoms with Gasteiger partial charge in [0.2, 0.25) is 5.91 Å². The number of aromatic nitrogens is 1. The standard InChI is InChI=1S/C28H35N3O3S/c1-5-34-21-11-9-20(10-12-21)16-31-26(32)24-15-25-23(13-14-35-25)30(24)17-28(31,4)27(33)29-22-8-6-7-18(2)19(22)3/h9-15,18-19,22H,5-8,16-17H2,1-4H3,(H,29,33)/t18-,19+,22-,28-/m1/s1. The molecule has 5 rings (SSSR count). The molecule has 4 atom stereocenters. The molecule has 2 aliphatic rings. The minimum atomic E-state index is -1.00. The van der Waals surface area contributed by atoms with E-state index in [1.165, 1.54) is 6.42 Å². The first-order valence-corrected chi connectivity index (χ1v) is 13.6. The summed E-state index contributed by atoms with van der Waals surface area (Å²) in [4.78, 5) is 29.7. The van der Waals surface area contributed by atoms with E-state index in [0.717, 1.165) is 34.4 Å². The Bertz CT molecular complexity index is 1230. The molecule has 3 aromatic rings. The first-order chi connectivity index (χ1) is 16.8. The molecule has 6 nitrogen and oxygen atoms in total. The lowest BCUT2D eigenvalue weighted by Gasteiger charge is -2.45. The fourth-order valence-corrected chi connectivity index (χ4v) is 6.49. The second kappa shape index (κ2) is 9.34. The van der Waals surface area contributed by atoms with E-state index >= 15 is 0 Å². The van der Waals surface area contributed by atoms with Crippen LogP contribution >= 0.6 is 11.3 Å². The van der Waals surface area contributed by atoms with Crippen LogP contribution in [0.1, 0.15) is 63.0 Å². The Balaban J connectivity index is 1.49. The summed E-state index contributed by atoms with van der Waals surface area (Å²) in [5, 5.41) is 5.41. The molecule has 7 heteroatoms. The van der Waals surface area contributed by atoms with Crippen molar-refractivity contribution in [1.29, 1.82) is 0 Å². The number of thiophene rings is 1. The number of fused-ring (bicyclic) bond motifs is 3. The second-order valence-corrected chi connectivity index (χ2v) is 11.3. The molecule has 1 N–H and O–H groups in total. The van der Waals surface area contributed by atoms with E-state index in [0.29, 0.717) is 37.2 Å². The van der Waals surface area contributed by atoms with Crippen molar-refractivity contribution < 1.29 is 14.3 Å². The number of ether oxygens (including phenoxy) is 1. The average Bonchev–Trinajstić information content (AvgIpc) is 3.43. The molecule has 0 radical (unpaired) electrons. The van der Waals surface area contributed by atoms with Crippen molar-refractivity contribution in [3.8, 4) is 5.75 Å². The maximum Gasteiger partial charge on any atom is 0.271 e. The van der Waals surface area contributed by atoms with Gasteiger partial charge in [0.1, 0.15) is 17.0 Å². The molecule has 0 spiro atoms. The highest BCUT2D eigenvalue weighted by molar-refractivity contribution is 7.17. The number of nitrogens with one attached hydrogen (secondary N) is 1. The minimum Gasteiger partial charge on any atom is -0.494 e. The Hall–Kier alpha value is -2.80. The van der Waals surface area contributed by atoms with E-state index in [-0.39, 0.29) is 17.9 Å². The maximum absolute atomic E-state index is 14.0. The van der Waals surface area contributed by atoms with Gasteiger partial charge < -0.3 is 19.5 Å². The number of amides is 2. The van der Waals surface area contributed by atoms with Gasteiger partial charge in [0, 0.05) is 12.6 Å². The van der Waals surface area contributed by atoms with Crippen molar-refractivity contribution in [2.45, 2.75) is 71.6 Å². The highest BCUT2D eigenvalue weighted by Gasteiger charge is 2.48. The van der Waals surface area contributed by atoms with Crippen molar-refractivity contribution in [2.24, 2.45) is 11.8 Å². The minimum absolute atomic E-state index is 0.0644. The Labute approximate surface area is 211 Å². The van der Waals surface area contributed by atoms with Gasteiger partial charge in [-0.2, -0.15) is 0 Å². The third kappa shape index (κ3) is 4.24. The van der Waals surface area contributed by atoms with Gasteiger partial charge in [0.05, 0.1) is 23.4 Å². The molecule has 0 unspecified atom stereocenters. The number of rotatable bonds is 6. The molecule has 3 heterocycles. The highest BCUT2D eigenvalue weighted by atomic mass is 32.1. The van der Waals surface area contributed by atoms with Crippen LogP contribution in [0.25, 0.3) is 10.2 Å². The highest BCUT2D eigenvalue weighted by Crippen LogP contribution is 2.36. The fourth-order valence-electron chi connectivity index (χ4n) is 5.67. The van der Waals surface area contributed by atoms with Crippen LogP contribution in [0.4, 0.5) is 0 Å². The van der Waals surface area contributed by atoms with Crippen LogP contribution in [0.15, 0.2) is 41.8 Å².